The molecule has 0 saturated carbocycles. The van der Waals surface area contributed by atoms with Crippen molar-refractivity contribution in [3.8, 4) is 0 Å². The lowest BCUT2D eigenvalue weighted by Gasteiger charge is -2.49. The molecule has 6 amide bonds. The van der Waals surface area contributed by atoms with Gasteiger partial charge in [0.1, 0.15) is 23.2 Å². The van der Waals surface area contributed by atoms with Gasteiger partial charge in [0.25, 0.3) is 5.91 Å². The van der Waals surface area contributed by atoms with Crippen LogP contribution in [-0.2, 0) is 21.4 Å². The van der Waals surface area contributed by atoms with Crippen LogP contribution in [0.15, 0.2) is 46.8 Å². The number of β-lactam (4-membered cyclic amide) rings is 1. The summed E-state index contributed by atoms with van der Waals surface area (Å²) in [6.45, 7) is 0. The molecule has 4 N–H and O–H groups in total. The first-order chi connectivity index (χ1) is 18.6. The molecule has 2 aliphatic rings. The molecule has 3 atom stereocenters. The van der Waals surface area contributed by atoms with Crippen molar-refractivity contribution < 1.29 is 29.1 Å². The molecule has 17 heteroatoms. The molecule has 0 aliphatic carbocycles. The molecule has 39 heavy (non-hydrogen) atoms. The third-order valence-corrected chi connectivity index (χ3v) is 8.43. The van der Waals surface area contributed by atoms with E-state index in [0.29, 0.717) is 22.0 Å². The zero-order chi connectivity index (χ0) is 28.3. The Kier molecular flexibility index (Phi) is 8.39. The molecule has 2 aliphatic heterocycles. The van der Waals surface area contributed by atoms with E-state index >= 15 is 0 Å². The van der Waals surface area contributed by atoms with E-state index in [0.717, 1.165) is 4.90 Å². The summed E-state index contributed by atoms with van der Waals surface area (Å²) in [5.74, 6) is -1.94. The summed E-state index contributed by atoms with van der Waals surface area (Å²) < 4.78 is 1.46. The number of carboxylic acids is 1. The highest BCUT2D eigenvalue weighted by atomic mass is 32.2. The zero-order valence-corrected chi connectivity index (χ0v) is 22.7. The van der Waals surface area contributed by atoms with Crippen LogP contribution in [0.25, 0.3) is 0 Å². The van der Waals surface area contributed by atoms with Crippen molar-refractivity contribution in [3.05, 3.63) is 47.2 Å². The molecular weight excluding hydrogens is 550 g/mol. The molecule has 0 bridgehead atoms. The van der Waals surface area contributed by atoms with Crippen LogP contribution in [0.1, 0.15) is 11.6 Å². The van der Waals surface area contributed by atoms with Gasteiger partial charge in [-0.3, -0.25) is 14.5 Å². The Morgan fingerprint density at radius 2 is 1.95 bits per heavy atom. The summed E-state index contributed by atoms with van der Waals surface area (Å²) >= 11 is 2.57. The number of nitrogens with one attached hydrogen (secondary N) is 3. The quantitative estimate of drug-likeness (QED) is 0.240. The second-order valence-electron chi connectivity index (χ2n) is 8.43. The number of tetrazole rings is 1. The van der Waals surface area contributed by atoms with E-state index < -0.39 is 47.3 Å². The lowest BCUT2D eigenvalue weighted by molar-refractivity contribution is -0.151. The number of nitrogens with zero attached hydrogens (tertiary/aromatic N) is 6. The van der Waals surface area contributed by atoms with Gasteiger partial charge in [-0.05, 0) is 21.6 Å². The largest absolute Gasteiger partial charge is 0.477 e. The van der Waals surface area contributed by atoms with Crippen LogP contribution in [0.3, 0.4) is 0 Å². The number of carbonyl (C=O) groups excluding carboxylic acids is 4. The normalized spacial score (nSPS) is 18.9. The predicted molar refractivity (Wildman–Crippen MR) is 139 cm³/mol. The van der Waals surface area contributed by atoms with Gasteiger partial charge in [0.15, 0.2) is 0 Å². The number of hydrogen-bond acceptors (Lipinski definition) is 10. The number of urea groups is 2. The summed E-state index contributed by atoms with van der Waals surface area (Å²) in [5.41, 5.74) is 0.829. The number of carbonyl (C=O) groups is 5. The number of fused-ring (bicyclic) bond motifs is 1. The first-order valence-corrected chi connectivity index (χ1v) is 13.5. The molecule has 2 aromatic rings. The summed E-state index contributed by atoms with van der Waals surface area (Å²) in [6, 6.07) is 4.60. The van der Waals surface area contributed by atoms with Crippen molar-refractivity contribution in [1.82, 2.24) is 46.0 Å². The van der Waals surface area contributed by atoms with E-state index in [1.54, 1.807) is 37.4 Å². The van der Waals surface area contributed by atoms with Gasteiger partial charge in [0, 0.05) is 32.6 Å². The van der Waals surface area contributed by atoms with Crippen molar-refractivity contribution in [2.24, 2.45) is 7.05 Å². The maximum absolute atomic E-state index is 13.3. The fraction of sp³-hybridized carbons (Fsp3) is 0.364. The average Bonchev–Trinajstić information content (AvgIpc) is 3.36. The van der Waals surface area contributed by atoms with Crippen LogP contribution < -0.4 is 16.0 Å². The zero-order valence-electron chi connectivity index (χ0n) is 21.0. The van der Waals surface area contributed by atoms with Crippen molar-refractivity contribution in [2.75, 3.05) is 25.6 Å². The molecule has 3 heterocycles. The Morgan fingerprint density at radius 3 is 2.56 bits per heavy atom. The summed E-state index contributed by atoms with van der Waals surface area (Å²) in [4.78, 5) is 65.0. The highest BCUT2D eigenvalue weighted by Crippen LogP contribution is 2.41. The van der Waals surface area contributed by atoms with Crippen LogP contribution in [0.5, 0.6) is 0 Å². The summed E-state index contributed by atoms with van der Waals surface area (Å²) in [5, 5.41) is 28.4. The van der Waals surface area contributed by atoms with Gasteiger partial charge < -0.3 is 21.1 Å². The van der Waals surface area contributed by atoms with Crippen molar-refractivity contribution in [2.45, 2.75) is 22.6 Å². The number of aryl methyl sites for hydroxylation is 1. The number of aliphatic carboxylic acids is 1. The van der Waals surface area contributed by atoms with E-state index in [1.165, 1.54) is 47.2 Å². The monoisotopic (exact) mass is 575 g/mol. The SMILES string of the molecule is CNC(=O)N(C)C(=O)N[C@H](C(=O)NC1C(=O)N2C(C(=O)O)=C(CSc3nnnn3C)CS[C@@H]12)c1ccccc1. The van der Waals surface area contributed by atoms with Gasteiger partial charge >= 0.3 is 18.0 Å². The minimum absolute atomic E-state index is 0.128. The van der Waals surface area contributed by atoms with Crippen LogP contribution >= 0.6 is 23.5 Å². The van der Waals surface area contributed by atoms with Gasteiger partial charge in [-0.2, -0.15) is 0 Å². The number of thioether (sulfide) groups is 2. The molecule has 15 nitrogen and oxygen atoms in total. The topological polar surface area (TPSA) is 192 Å². The molecule has 0 spiro atoms. The van der Waals surface area contributed by atoms with Gasteiger partial charge in [-0.15, -0.1) is 16.9 Å². The minimum atomic E-state index is -1.25. The Labute approximate surface area is 230 Å². The van der Waals surface area contributed by atoms with Gasteiger partial charge in [0.2, 0.25) is 11.1 Å². The van der Waals surface area contributed by atoms with Crippen LogP contribution in [0.2, 0.25) is 0 Å². The van der Waals surface area contributed by atoms with Gasteiger partial charge in [0.05, 0.1) is 0 Å². The van der Waals surface area contributed by atoms with Crippen LogP contribution in [0, 0.1) is 0 Å². The van der Waals surface area contributed by atoms with E-state index in [4.69, 9.17) is 0 Å². The minimum Gasteiger partial charge on any atom is -0.477 e. The van der Waals surface area contributed by atoms with Crippen molar-refractivity contribution in [1.29, 1.82) is 0 Å². The lowest BCUT2D eigenvalue weighted by Crippen LogP contribution is -2.71. The smallest absolute Gasteiger partial charge is 0.352 e. The molecule has 0 radical (unpaired) electrons. The predicted octanol–water partition coefficient (Wildman–Crippen LogP) is -0.237. The van der Waals surface area contributed by atoms with Crippen molar-refractivity contribution >= 4 is 53.4 Å². The van der Waals surface area contributed by atoms with Crippen molar-refractivity contribution in [3.63, 3.8) is 0 Å². The fourth-order valence-electron chi connectivity index (χ4n) is 3.95. The number of carboxylic acid groups (broad SMARTS) is 1. The van der Waals surface area contributed by atoms with E-state index in [1.807, 2.05) is 0 Å². The number of amides is 6. The lowest BCUT2D eigenvalue weighted by atomic mass is 10.0. The van der Waals surface area contributed by atoms with Crippen LogP contribution in [-0.4, -0.2) is 102 Å². The molecular formula is C22H25N9O6S2. The number of imide groups is 1. The van der Waals surface area contributed by atoms with E-state index in [9.17, 15) is 29.1 Å². The molecule has 1 fully saturated rings. The molecule has 1 saturated heterocycles. The number of rotatable bonds is 8. The Hall–Kier alpha value is -4.12. The molecule has 1 aromatic carbocycles. The highest BCUT2D eigenvalue weighted by molar-refractivity contribution is 8.01. The Balaban J connectivity index is 1.49. The summed E-state index contributed by atoms with van der Waals surface area (Å²) in [7, 11) is 4.27. The molecule has 4 rings (SSSR count). The first kappa shape index (κ1) is 27.9. The second kappa shape index (κ2) is 11.7. The maximum atomic E-state index is 13.3. The van der Waals surface area contributed by atoms with Gasteiger partial charge in [-0.25, -0.2) is 24.0 Å². The van der Waals surface area contributed by atoms with Gasteiger partial charge in [-0.1, -0.05) is 42.1 Å². The average molecular weight is 576 g/mol. The standard InChI is InChI=1S/C22H25N9O6S2/c1-23-20(36)29(2)21(37)25-13(11-7-5-4-6-8-11)16(32)24-14-17(33)31-15(19(34)35)12(9-38-18(14)31)10-39-22-26-27-28-30(22)3/h4-8,13-14,18H,9-10H2,1-3H3,(H,23,36)(H,24,32)(H,25,37)(H,34,35)/t13-,14?,18-/m0/s1. The molecule has 1 aromatic heterocycles. The number of aromatic nitrogens is 4. The number of hydrogen-bond donors (Lipinski definition) is 4. The second-order valence-corrected chi connectivity index (χ2v) is 10.5. The maximum Gasteiger partial charge on any atom is 0.352 e. The third kappa shape index (κ3) is 5.68. The van der Waals surface area contributed by atoms with E-state index in [-0.39, 0.29) is 11.4 Å². The van der Waals surface area contributed by atoms with E-state index in [2.05, 4.69) is 31.5 Å². The molecule has 206 valence electrons. The fourth-order valence-corrected chi connectivity index (χ4v) is 6.29. The Bertz CT molecular complexity index is 1330. The number of benzene rings is 1. The third-order valence-electron chi connectivity index (χ3n) is 5.99. The first-order valence-electron chi connectivity index (χ1n) is 11.5. The summed E-state index contributed by atoms with van der Waals surface area (Å²) in [6.07, 6.45) is 0. The highest BCUT2D eigenvalue weighted by Gasteiger charge is 2.54. The molecule has 1 unspecified atom stereocenters. The Morgan fingerprint density at radius 1 is 1.23 bits per heavy atom. The van der Waals surface area contributed by atoms with Crippen LogP contribution in [0.4, 0.5) is 9.59 Å².